The van der Waals surface area contributed by atoms with E-state index in [1.807, 2.05) is 0 Å². The molecule has 1 rings (SSSR count). The van der Waals surface area contributed by atoms with Gasteiger partial charge >= 0.3 is 11.8 Å². The van der Waals surface area contributed by atoms with E-state index in [2.05, 4.69) is 15.5 Å². The second-order valence-corrected chi connectivity index (χ2v) is 2.42. The van der Waals surface area contributed by atoms with Crippen LogP contribution in [-0.2, 0) is 24.0 Å². The number of carbonyl (C=O) groups is 3. The van der Waals surface area contributed by atoms with Crippen molar-refractivity contribution < 1.29 is 29.1 Å². The van der Waals surface area contributed by atoms with Crippen LogP contribution in [0.3, 0.4) is 0 Å². The van der Waals surface area contributed by atoms with Gasteiger partial charge in [0.25, 0.3) is 5.78 Å². The number of aliphatic hydroxyl groups is 1. The number of nitrogens with two attached hydrogens (primary N) is 1. The van der Waals surface area contributed by atoms with Gasteiger partial charge < -0.3 is 14.7 Å². The van der Waals surface area contributed by atoms with Crippen molar-refractivity contribution >= 4 is 17.5 Å². The molecule has 1 heterocycles. The normalized spacial score (nSPS) is 24.8. The van der Waals surface area contributed by atoms with E-state index in [-0.39, 0.29) is 0 Å². The average Bonchev–Trinajstić information content (AvgIpc) is 2.33. The van der Waals surface area contributed by atoms with E-state index in [0.29, 0.717) is 0 Å². The highest BCUT2D eigenvalue weighted by atomic mass is 16.6. The monoisotopic (exact) mass is 189 g/mol. The minimum atomic E-state index is -1.48. The van der Waals surface area contributed by atoms with E-state index in [1.165, 1.54) is 0 Å². The van der Waals surface area contributed by atoms with Gasteiger partial charge in [-0.05, 0) is 0 Å². The van der Waals surface area contributed by atoms with E-state index in [9.17, 15) is 14.4 Å². The Hall–Kier alpha value is -1.31. The number of rotatable bonds is 3. The van der Waals surface area contributed by atoms with Crippen molar-refractivity contribution in [3.8, 4) is 0 Å². The van der Waals surface area contributed by atoms with Crippen molar-refractivity contribution in [2.45, 2.75) is 12.2 Å². The van der Waals surface area contributed by atoms with Gasteiger partial charge in [0, 0.05) is 0 Å². The zero-order valence-electron chi connectivity index (χ0n) is 6.43. The molecular weight excluding hydrogens is 182 g/mol. The smallest absolute Gasteiger partial charge is 0.383 e. The predicted molar refractivity (Wildman–Crippen MR) is 36.0 cm³/mol. The van der Waals surface area contributed by atoms with Gasteiger partial charge in [0.2, 0.25) is 0 Å². The van der Waals surface area contributed by atoms with Gasteiger partial charge in [-0.3, -0.25) is 9.59 Å². The van der Waals surface area contributed by atoms with Crippen LogP contribution in [0.4, 0.5) is 0 Å². The highest BCUT2D eigenvalue weighted by molar-refractivity contribution is 6.65. The maximum atomic E-state index is 10.9. The Morgan fingerprint density at radius 2 is 2.15 bits per heavy atom. The van der Waals surface area contributed by atoms with Crippen LogP contribution in [0.2, 0.25) is 0 Å². The molecule has 3 N–H and O–H groups in total. The van der Waals surface area contributed by atoms with E-state index >= 15 is 0 Å². The van der Waals surface area contributed by atoms with Gasteiger partial charge in [-0.25, -0.2) is 10.7 Å². The second kappa shape index (κ2) is 3.60. The lowest BCUT2D eigenvalue weighted by Gasteiger charge is -2.12. The van der Waals surface area contributed by atoms with Gasteiger partial charge in [0.05, 0.1) is 6.61 Å². The van der Waals surface area contributed by atoms with Crippen molar-refractivity contribution in [3.05, 3.63) is 0 Å². The van der Waals surface area contributed by atoms with E-state index in [0.717, 1.165) is 0 Å². The number of aliphatic hydroxyl groups excluding tert-OH is 1. The molecule has 1 fully saturated rings. The van der Waals surface area contributed by atoms with Crippen molar-refractivity contribution in [2.24, 2.45) is 5.90 Å². The number of cyclic esters (lactones) is 1. The number of ketones is 2. The molecule has 1 saturated heterocycles. The number of Topliss-reactive ketones (excluding diaryl/α,β-unsaturated/α-hetero) is 2. The third kappa shape index (κ3) is 1.72. The molecule has 7 nitrogen and oxygen atoms in total. The lowest BCUT2D eigenvalue weighted by atomic mass is 10.1. The lowest BCUT2D eigenvalue weighted by molar-refractivity contribution is -0.152. The molecule has 0 bridgehead atoms. The number of ether oxygens (including phenoxy) is 1. The third-order valence-corrected chi connectivity index (χ3v) is 1.52. The molecule has 1 aliphatic rings. The van der Waals surface area contributed by atoms with Crippen molar-refractivity contribution in [1.29, 1.82) is 0 Å². The second-order valence-electron chi connectivity index (χ2n) is 2.42. The molecule has 0 aromatic carbocycles. The summed E-state index contributed by atoms with van der Waals surface area (Å²) in [5, 5.41) is 9.10. The van der Waals surface area contributed by atoms with Crippen LogP contribution in [0.15, 0.2) is 0 Å². The van der Waals surface area contributed by atoms with E-state index < -0.39 is 36.4 Å². The summed E-state index contributed by atoms with van der Waals surface area (Å²) < 4.78 is 4.28. The molecule has 0 aliphatic carbocycles. The van der Waals surface area contributed by atoms with Crippen LogP contribution in [0.5, 0.6) is 0 Å². The summed E-state index contributed by atoms with van der Waals surface area (Å²) in [5.74, 6) is 1.02. The molecule has 0 amide bonds. The Morgan fingerprint density at radius 1 is 1.54 bits per heavy atom. The van der Waals surface area contributed by atoms with Crippen molar-refractivity contribution in [1.82, 2.24) is 0 Å². The van der Waals surface area contributed by atoms with E-state index in [1.54, 1.807) is 0 Å². The predicted octanol–water partition coefficient (Wildman–Crippen LogP) is -2.70. The molecular formula is C6H7NO6. The number of hydrogen-bond donors (Lipinski definition) is 2. The first kappa shape index (κ1) is 9.78. The Labute approximate surface area is 72.4 Å². The Kier molecular flexibility index (Phi) is 2.71. The molecule has 0 radical (unpaired) electrons. The number of esters is 1. The summed E-state index contributed by atoms with van der Waals surface area (Å²) in [4.78, 5) is 36.1. The fourth-order valence-electron chi connectivity index (χ4n) is 0.891. The highest BCUT2D eigenvalue weighted by Crippen LogP contribution is 2.11. The van der Waals surface area contributed by atoms with E-state index in [4.69, 9.17) is 5.11 Å². The molecule has 1 aliphatic heterocycles. The standard InChI is InChI=1S/C6H7NO6/c7-12-1-2(8)5-3(9)4(10)6(11)13-5/h2,5,8H,1,7H2/t2-,5-/m1/s1. The van der Waals surface area contributed by atoms with Gasteiger partial charge in [-0.1, -0.05) is 0 Å². The van der Waals surface area contributed by atoms with Crippen molar-refractivity contribution in [2.75, 3.05) is 6.61 Å². The number of hydrogen-bond acceptors (Lipinski definition) is 7. The molecule has 72 valence electrons. The fourth-order valence-corrected chi connectivity index (χ4v) is 0.891. The SMILES string of the molecule is NOC[C@@H](O)[C@H]1OC(=O)C(=O)C1=O. The molecule has 0 saturated carbocycles. The molecule has 0 spiro atoms. The maximum Gasteiger partial charge on any atom is 0.383 e. The zero-order chi connectivity index (χ0) is 10.0. The van der Waals surface area contributed by atoms with Crippen LogP contribution < -0.4 is 5.90 Å². The third-order valence-electron chi connectivity index (χ3n) is 1.52. The van der Waals surface area contributed by atoms with Crippen LogP contribution in [0, 0.1) is 0 Å². The maximum absolute atomic E-state index is 10.9. The van der Waals surface area contributed by atoms with Gasteiger partial charge in [0.1, 0.15) is 6.10 Å². The Morgan fingerprint density at radius 3 is 2.54 bits per heavy atom. The first-order valence-corrected chi connectivity index (χ1v) is 3.37. The molecule has 0 unspecified atom stereocenters. The topological polar surface area (TPSA) is 116 Å². The largest absolute Gasteiger partial charge is 0.445 e. The van der Waals surface area contributed by atoms with Crippen molar-refractivity contribution in [3.63, 3.8) is 0 Å². The number of carbonyl (C=O) groups excluding carboxylic acids is 3. The Balaban J connectivity index is 2.68. The lowest BCUT2D eigenvalue weighted by Crippen LogP contribution is -2.37. The molecule has 0 aromatic heterocycles. The summed E-state index contributed by atoms with van der Waals surface area (Å²) in [5.41, 5.74) is 0. The summed E-state index contributed by atoms with van der Waals surface area (Å²) in [6.45, 7) is -0.392. The van der Waals surface area contributed by atoms with Gasteiger partial charge in [-0.2, -0.15) is 0 Å². The first-order chi connectivity index (χ1) is 6.07. The molecule has 2 atom stereocenters. The zero-order valence-corrected chi connectivity index (χ0v) is 6.43. The highest BCUT2D eigenvalue weighted by Gasteiger charge is 2.45. The van der Waals surface area contributed by atoms with Crippen LogP contribution >= 0.6 is 0 Å². The quantitative estimate of drug-likeness (QED) is 0.282. The van der Waals surface area contributed by atoms with Crippen LogP contribution in [0.1, 0.15) is 0 Å². The fraction of sp³-hybridized carbons (Fsp3) is 0.500. The molecule has 7 heteroatoms. The van der Waals surface area contributed by atoms with Crippen LogP contribution in [-0.4, -0.2) is 41.5 Å². The summed E-state index contributed by atoms with van der Waals surface area (Å²) in [7, 11) is 0. The molecule has 0 aromatic rings. The van der Waals surface area contributed by atoms with Gasteiger partial charge in [0.15, 0.2) is 6.10 Å². The van der Waals surface area contributed by atoms with Gasteiger partial charge in [-0.15, -0.1) is 0 Å². The first-order valence-electron chi connectivity index (χ1n) is 3.37. The average molecular weight is 189 g/mol. The summed E-state index contributed by atoms with van der Waals surface area (Å²) in [6, 6.07) is 0. The van der Waals surface area contributed by atoms with Crippen LogP contribution in [0.25, 0.3) is 0 Å². The summed E-state index contributed by atoms with van der Waals surface area (Å²) >= 11 is 0. The molecule has 13 heavy (non-hydrogen) atoms. The minimum absolute atomic E-state index is 0.392. The summed E-state index contributed by atoms with van der Waals surface area (Å²) in [6.07, 6.45) is -2.89. The minimum Gasteiger partial charge on any atom is -0.445 e. The Bertz CT molecular complexity index is 262.